The number of aromatic nitrogens is 2. The molecule has 1 atom stereocenters. The van der Waals surface area contributed by atoms with E-state index in [2.05, 4.69) is 10.1 Å². The fourth-order valence-corrected chi connectivity index (χ4v) is 3.20. The lowest BCUT2D eigenvalue weighted by atomic mass is 10.1. The second-order valence-electron chi connectivity index (χ2n) is 6.80. The summed E-state index contributed by atoms with van der Waals surface area (Å²) in [6, 6.07) is 13.0. The number of nitro benzene ring substituents is 1. The minimum Gasteiger partial charge on any atom is -0.339 e. The molecule has 3 aromatic rings. The zero-order chi connectivity index (χ0) is 21.7. The summed E-state index contributed by atoms with van der Waals surface area (Å²) in [5, 5.41) is 15.3. The number of non-ortho nitro benzene ring substituents is 1. The number of amides is 1. The monoisotopic (exact) mass is 428 g/mol. The van der Waals surface area contributed by atoms with Crippen LogP contribution in [0.2, 0.25) is 5.02 Å². The van der Waals surface area contributed by atoms with E-state index in [1.807, 2.05) is 13.8 Å². The van der Waals surface area contributed by atoms with E-state index < -0.39 is 4.92 Å². The Balaban J connectivity index is 1.75. The van der Waals surface area contributed by atoms with Crippen LogP contribution in [0.3, 0.4) is 0 Å². The smallest absolute Gasteiger partial charge is 0.270 e. The van der Waals surface area contributed by atoms with Gasteiger partial charge in [-0.05, 0) is 25.5 Å². The number of carbonyl (C=O) groups is 1. The molecule has 156 valence electrons. The molecule has 0 bridgehead atoms. The third-order valence-corrected chi connectivity index (χ3v) is 5.17. The Labute approximate surface area is 178 Å². The molecule has 0 N–H and O–H groups in total. The normalized spacial score (nSPS) is 11.8. The van der Waals surface area contributed by atoms with Gasteiger partial charge in [0.15, 0.2) is 0 Å². The molecule has 1 aromatic heterocycles. The van der Waals surface area contributed by atoms with Crippen LogP contribution < -0.4 is 0 Å². The molecule has 0 aliphatic rings. The maximum Gasteiger partial charge on any atom is 0.270 e. The van der Waals surface area contributed by atoms with E-state index >= 15 is 0 Å². The van der Waals surface area contributed by atoms with Crippen molar-refractivity contribution >= 4 is 23.2 Å². The van der Waals surface area contributed by atoms with Crippen LogP contribution >= 0.6 is 11.6 Å². The molecule has 2 aromatic carbocycles. The summed E-state index contributed by atoms with van der Waals surface area (Å²) in [5.41, 5.74) is 0.888. The molecule has 9 heteroatoms. The summed E-state index contributed by atoms with van der Waals surface area (Å²) >= 11 is 6.20. The number of rotatable bonds is 8. The number of hydrogen-bond acceptors (Lipinski definition) is 6. The van der Waals surface area contributed by atoms with Crippen LogP contribution in [-0.2, 0) is 6.42 Å². The SMILES string of the molecule is CC[C@H](C)N(CCc1nc(-c2cccc([N+](=O)[O-])c2)no1)C(=O)c1ccccc1Cl. The van der Waals surface area contributed by atoms with E-state index in [-0.39, 0.29) is 23.5 Å². The van der Waals surface area contributed by atoms with E-state index in [4.69, 9.17) is 16.1 Å². The molecule has 0 saturated carbocycles. The van der Waals surface area contributed by atoms with Crippen molar-refractivity contribution < 1.29 is 14.2 Å². The lowest BCUT2D eigenvalue weighted by molar-refractivity contribution is -0.384. The zero-order valence-electron chi connectivity index (χ0n) is 16.6. The number of hydrogen-bond donors (Lipinski definition) is 0. The van der Waals surface area contributed by atoms with E-state index in [0.29, 0.717) is 35.0 Å². The minimum atomic E-state index is -0.477. The van der Waals surface area contributed by atoms with Crippen LogP contribution in [0.15, 0.2) is 53.1 Å². The summed E-state index contributed by atoms with van der Waals surface area (Å²) in [6.45, 7) is 4.34. The Bertz CT molecular complexity index is 1050. The van der Waals surface area contributed by atoms with Gasteiger partial charge >= 0.3 is 0 Å². The van der Waals surface area contributed by atoms with Crippen molar-refractivity contribution in [2.45, 2.75) is 32.7 Å². The summed E-state index contributed by atoms with van der Waals surface area (Å²) in [6.07, 6.45) is 1.13. The van der Waals surface area contributed by atoms with Crippen molar-refractivity contribution in [1.29, 1.82) is 0 Å². The molecule has 1 amide bonds. The summed E-state index contributed by atoms with van der Waals surface area (Å²) < 4.78 is 5.30. The highest BCUT2D eigenvalue weighted by Gasteiger charge is 2.23. The largest absolute Gasteiger partial charge is 0.339 e. The predicted molar refractivity (Wildman–Crippen MR) is 112 cm³/mol. The van der Waals surface area contributed by atoms with E-state index in [1.165, 1.54) is 12.1 Å². The first-order valence-corrected chi connectivity index (χ1v) is 9.91. The van der Waals surface area contributed by atoms with Crippen molar-refractivity contribution in [3.05, 3.63) is 75.1 Å². The van der Waals surface area contributed by atoms with Crippen LogP contribution in [0, 0.1) is 10.1 Å². The number of halogens is 1. The van der Waals surface area contributed by atoms with Crippen molar-refractivity contribution in [2.75, 3.05) is 6.54 Å². The average Bonchev–Trinajstić information content (AvgIpc) is 3.23. The van der Waals surface area contributed by atoms with Crippen LogP contribution in [0.4, 0.5) is 5.69 Å². The van der Waals surface area contributed by atoms with Crippen molar-refractivity contribution in [1.82, 2.24) is 15.0 Å². The molecular weight excluding hydrogens is 408 g/mol. The van der Waals surface area contributed by atoms with Gasteiger partial charge in [-0.25, -0.2) is 0 Å². The third-order valence-electron chi connectivity index (χ3n) is 4.84. The highest BCUT2D eigenvalue weighted by molar-refractivity contribution is 6.33. The number of carbonyl (C=O) groups excluding carboxylic acids is 1. The average molecular weight is 429 g/mol. The Hall–Kier alpha value is -3.26. The van der Waals surface area contributed by atoms with Gasteiger partial charge in [-0.1, -0.05) is 47.9 Å². The van der Waals surface area contributed by atoms with E-state index in [0.717, 1.165) is 6.42 Å². The molecule has 8 nitrogen and oxygen atoms in total. The third kappa shape index (κ3) is 4.83. The van der Waals surface area contributed by atoms with Gasteiger partial charge in [-0.2, -0.15) is 4.98 Å². The summed E-state index contributed by atoms with van der Waals surface area (Å²) in [4.78, 5) is 29.6. The number of nitrogens with zero attached hydrogens (tertiary/aromatic N) is 4. The molecule has 0 aliphatic carbocycles. The Kier molecular flexibility index (Phi) is 6.79. The lowest BCUT2D eigenvalue weighted by Crippen LogP contribution is -2.40. The van der Waals surface area contributed by atoms with Gasteiger partial charge in [-0.15, -0.1) is 0 Å². The van der Waals surface area contributed by atoms with Crippen LogP contribution in [-0.4, -0.2) is 38.5 Å². The van der Waals surface area contributed by atoms with Crippen LogP contribution in [0.5, 0.6) is 0 Å². The maximum atomic E-state index is 13.0. The Morgan fingerprint density at radius 2 is 2.03 bits per heavy atom. The molecule has 0 spiro atoms. The maximum absolute atomic E-state index is 13.0. The van der Waals surface area contributed by atoms with Crippen molar-refractivity contribution in [3.8, 4) is 11.4 Å². The Morgan fingerprint density at radius 3 is 2.73 bits per heavy atom. The zero-order valence-corrected chi connectivity index (χ0v) is 17.4. The quantitative estimate of drug-likeness (QED) is 0.377. The van der Waals surface area contributed by atoms with Crippen molar-refractivity contribution in [3.63, 3.8) is 0 Å². The highest BCUT2D eigenvalue weighted by Crippen LogP contribution is 2.22. The fourth-order valence-electron chi connectivity index (χ4n) is 2.98. The van der Waals surface area contributed by atoms with Gasteiger partial charge in [0, 0.05) is 36.7 Å². The minimum absolute atomic E-state index is 0.00654. The standard InChI is InChI=1S/C21H21ClN4O4/c1-3-14(2)25(21(27)17-9-4-5-10-18(17)22)12-11-19-23-20(24-30-19)15-7-6-8-16(13-15)26(28)29/h4-10,13-14H,3,11-12H2,1-2H3/t14-/m0/s1. The van der Waals surface area contributed by atoms with E-state index in [1.54, 1.807) is 41.3 Å². The lowest BCUT2D eigenvalue weighted by Gasteiger charge is -2.28. The van der Waals surface area contributed by atoms with Crippen LogP contribution in [0.25, 0.3) is 11.4 Å². The second kappa shape index (κ2) is 9.49. The molecule has 0 unspecified atom stereocenters. The molecule has 0 radical (unpaired) electrons. The molecule has 1 heterocycles. The summed E-state index contributed by atoms with van der Waals surface area (Å²) in [5.74, 6) is 0.450. The van der Waals surface area contributed by atoms with Crippen LogP contribution in [0.1, 0.15) is 36.5 Å². The van der Waals surface area contributed by atoms with Gasteiger partial charge in [0.25, 0.3) is 11.6 Å². The highest BCUT2D eigenvalue weighted by atomic mass is 35.5. The molecule has 0 fully saturated rings. The first-order chi connectivity index (χ1) is 14.4. The van der Waals surface area contributed by atoms with Gasteiger partial charge in [0.05, 0.1) is 15.5 Å². The Morgan fingerprint density at radius 1 is 1.27 bits per heavy atom. The van der Waals surface area contributed by atoms with Gasteiger partial charge in [0.2, 0.25) is 11.7 Å². The molecule has 3 rings (SSSR count). The molecular formula is C21H21ClN4O4. The van der Waals surface area contributed by atoms with E-state index in [9.17, 15) is 14.9 Å². The molecule has 0 aliphatic heterocycles. The fraction of sp³-hybridized carbons (Fsp3) is 0.286. The topological polar surface area (TPSA) is 102 Å². The number of nitro groups is 1. The van der Waals surface area contributed by atoms with Gasteiger partial charge < -0.3 is 9.42 Å². The van der Waals surface area contributed by atoms with Gasteiger partial charge in [-0.3, -0.25) is 14.9 Å². The predicted octanol–water partition coefficient (Wildman–Crippen LogP) is 4.78. The number of benzene rings is 2. The second-order valence-corrected chi connectivity index (χ2v) is 7.21. The molecule has 30 heavy (non-hydrogen) atoms. The van der Waals surface area contributed by atoms with Crippen molar-refractivity contribution in [2.24, 2.45) is 0 Å². The molecule has 0 saturated heterocycles. The summed E-state index contributed by atoms with van der Waals surface area (Å²) in [7, 11) is 0. The van der Waals surface area contributed by atoms with Gasteiger partial charge in [0.1, 0.15) is 0 Å². The first-order valence-electron chi connectivity index (χ1n) is 9.53. The first kappa shape index (κ1) is 21.4.